The average Bonchev–Trinajstić information content (AvgIpc) is 3.10. The van der Waals surface area contributed by atoms with E-state index in [1.807, 2.05) is 13.8 Å². The minimum Gasteiger partial charge on any atom is -0.507 e. The molecule has 2 N–H and O–H groups in total. The van der Waals surface area contributed by atoms with Gasteiger partial charge in [-0.3, -0.25) is 14.5 Å². The lowest BCUT2D eigenvalue weighted by molar-refractivity contribution is -0.132. The van der Waals surface area contributed by atoms with Gasteiger partial charge in [-0.15, -0.1) is 0 Å². The number of Topliss-reactive ketones (excluding diaryl/α,β-unsaturated/α-hetero) is 1. The number of aliphatic hydroxyl groups excluding tert-OH is 1. The Labute approximate surface area is 197 Å². The zero-order chi connectivity index (χ0) is 24.4. The highest BCUT2D eigenvalue weighted by atomic mass is 16.5. The molecule has 1 unspecified atom stereocenters. The van der Waals surface area contributed by atoms with E-state index in [0.717, 1.165) is 5.56 Å². The van der Waals surface area contributed by atoms with Crippen LogP contribution >= 0.6 is 0 Å². The van der Waals surface area contributed by atoms with Gasteiger partial charge in [-0.05, 0) is 67.4 Å². The number of phenolic OH excluding ortho intramolecular Hbond substituents is 1. The second kappa shape index (κ2) is 9.31. The van der Waals surface area contributed by atoms with Gasteiger partial charge in [-0.25, -0.2) is 0 Å². The SMILES string of the molecule is CCOc1ccc(/C(O)=C2/C(=O)C(=O)N(c3ccccc3O)C2c2ccc(OC)cc2)cc1C. The van der Waals surface area contributed by atoms with Gasteiger partial charge in [0.2, 0.25) is 0 Å². The lowest BCUT2D eigenvalue weighted by Gasteiger charge is -2.26. The number of carbonyl (C=O) groups excluding carboxylic acids is 2. The average molecular weight is 459 g/mol. The lowest BCUT2D eigenvalue weighted by atomic mass is 9.94. The Morgan fingerprint density at radius 2 is 1.74 bits per heavy atom. The third kappa shape index (κ3) is 3.96. The van der Waals surface area contributed by atoms with Crippen molar-refractivity contribution in [3.05, 3.63) is 89.0 Å². The first-order valence-electron chi connectivity index (χ1n) is 10.8. The van der Waals surface area contributed by atoms with Gasteiger partial charge in [0.1, 0.15) is 23.0 Å². The minimum atomic E-state index is -0.953. The maximum atomic E-state index is 13.2. The van der Waals surface area contributed by atoms with Gasteiger partial charge in [0.15, 0.2) is 0 Å². The number of ether oxygens (including phenoxy) is 2. The van der Waals surface area contributed by atoms with E-state index in [2.05, 4.69) is 0 Å². The van der Waals surface area contributed by atoms with Crippen LogP contribution in [-0.2, 0) is 9.59 Å². The number of aryl methyl sites for hydroxylation is 1. The zero-order valence-corrected chi connectivity index (χ0v) is 19.1. The number of phenols is 1. The highest BCUT2D eigenvalue weighted by molar-refractivity contribution is 6.51. The molecule has 1 saturated heterocycles. The van der Waals surface area contributed by atoms with Crippen LogP contribution in [0.4, 0.5) is 5.69 Å². The number of hydrogen-bond acceptors (Lipinski definition) is 6. The monoisotopic (exact) mass is 459 g/mol. The molecule has 7 heteroatoms. The zero-order valence-electron chi connectivity index (χ0n) is 19.1. The molecule has 3 aromatic carbocycles. The van der Waals surface area contributed by atoms with Crippen LogP contribution in [0.15, 0.2) is 72.3 Å². The molecule has 0 aromatic heterocycles. The molecule has 174 valence electrons. The van der Waals surface area contributed by atoms with Crippen molar-refractivity contribution in [3.8, 4) is 17.2 Å². The van der Waals surface area contributed by atoms with Crippen LogP contribution in [0.1, 0.15) is 29.7 Å². The van der Waals surface area contributed by atoms with Gasteiger partial charge in [0.05, 0.1) is 31.0 Å². The van der Waals surface area contributed by atoms with E-state index in [0.29, 0.717) is 29.2 Å². The van der Waals surface area contributed by atoms with E-state index < -0.39 is 17.7 Å². The number of aliphatic hydroxyl groups is 1. The number of aromatic hydroxyl groups is 1. The maximum Gasteiger partial charge on any atom is 0.300 e. The predicted molar refractivity (Wildman–Crippen MR) is 128 cm³/mol. The van der Waals surface area contributed by atoms with E-state index in [9.17, 15) is 19.8 Å². The molecular formula is C27H25NO6. The Kier molecular flexibility index (Phi) is 6.27. The number of anilines is 1. The van der Waals surface area contributed by atoms with Crippen molar-refractivity contribution in [2.45, 2.75) is 19.9 Å². The maximum absolute atomic E-state index is 13.2. The molecule has 3 aromatic rings. The third-order valence-electron chi connectivity index (χ3n) is 5.77. The number of hydrogen-bond donors (Lipinski definition) is 2. The number of amides is 1. The molecule has 1 fully saturated rings. The van der Waals surface area contributed by atoms with Crippen LogP contribution in [-0.4, -0.2) is 35.6 Å². The van der Waals surface area contributed by atoms with Crippen LogP contribution in [0, 0.1) is 6.92 Å². The molecule has 1 amide bonds. The topological polar surface area (TPSA) is 96.3 Å². The predicted octanol–water partition coefficient (Wildman–Crippen LogP) is 4.73. The summed E-state index contributed by atoms with van der Waals surface area (Å²) in [5, 5.41) is 21.7. The number of nitrogens with zero attached hydrogens (tertiary/aromatic N) is 1. The summed E-state index contributed by atoms with van der Waals surface area (Å²) in [7, 11) is 1.54. The van der Waals surface area contributed by atoms with Gasteiger partial charge in [0.25, 0.3) is 11.7 Å². The Bertz CT molecular complexity index is 1280. The van der Waals surface area contributed by atoms with Gasteiger partial charge in [-0.1, -0.05) is 24.3 Å². The van der Waals surface area contributed by atoms with Crippen LogP contribution in [0.3, 0.4) is 0 Å². The number of benzene rings is 3. The fraction of sp³-hybridized carbons (Fsp3) is 0.185. The quantitative estimate of drug-likeness (QED) is 0.314. The normalized spacial score (nSPS) is 17.1. The van der Waals surface area contributed by atoms with Gasteiger partial charge < -0.3 is 19.7 Å². The standard InChI is InChI=1S/C27H25NO6/c1-4-34-22-14-11-18(15-16(22)2)25(30)23-24(17-9-12-19(33-3)13-10-17)28(27(32)26(23)31)20-7-5-6-8-21(20)29/h5-15,24,29-30H,4H2,1-3H3/b25-23-. The summed E-state index contributed by atoms with van der Waals surface area (Å²) in [6.07, 6.45) is 0. The summed E-state index contributed by atoms with van der Waals surface area (Å²) in [5.74, 6) is -0.867. The summed E-state index contributed by atoms with van der Waals surface area (Å²) < 4.78 is 10.8. The van der Waals surface area contributed by atoms with Gasteiger partial charge in [0, 0.05) is 5.56 Å². The molecule has 1 atom stereocenters. The summed E-state index contributed by atoms with van der Waals surface area (Å²) >= 11 is 0. The molecule has 1 heterocycles. The molecule has 34 heavy (non-hydrogen) atoms. The second-order valence-electron chi connectivity index (χ2n) is 7.84. The van der Waals surface area contributed by atoms with Crippen molar-refractivity contribution < 1.29 is 29.3 Å². The minimum absolute atomic E-state index is 0.0676. The van der Waals surface area contributed by atoms with Crippen LogP contribution < -0.4 is 14.4 Å². The van der Waals surface area contributed by atoms with E-state index in [4.69, 9.17) is 9.47 Å². The van der Waals surface area contributed by atoms with Gasteiger partial charge in [-0.2, -0.15) is 0 Å². The van der Waals surface area contributed by atoms with Crippen molar-refractivity contribution in [1.82, 2.24) is 0 Å². The number of methoxy groups -OCH3 is 1. The summed E-state index contributed by atoms with van der Waals surface area (Å²) in [6.45, 7) is 4.21. The molecule has 4 rings (SSSR count). The van der Waals surface area contributed by atoms with Crippen molar-refractivity contribution in [1.29, 1.82) is 0 Å². The summed E-state index contributed by atoms with van der Waals surface area (Å²) in [6, 6.07) is 17.3. The smallest absolute Gasteiger partial charge is 0.300 e. The van der Waals surface area contributed by atoms with E-state index >= 15 is 0 Å². The number of carbonyl (C=O) groups is 2. The molecule has 1 aliphatic heterocycles. The molecule has 0 bridgehead atoms. The number of rotatable bonds is 6. The Morgan fingerprint density at radius 3 is 2.35 bits per heavy atom. The Hall–Kier alpha value is -4.26. The van der Waals surface area contributed by atoms with E-state index in [1.54, 1.807) is 60.7 Å². The third-order valence-corrected chi connectivity index (χ3v) is 5.77. The molecule has 1 aliphatic rings. The second-order valence-corrected chi connectivity index (χ2v) is 7.84. The van der Waals surface area contributed by atoms with Crippen molar-refractivity contribution >= 4 is 23.1 Å². The van der Waals surface area contributed by atoms with Crippen LogP contribution in [0.2, 0.25) is 0 Å². The first kappa shape index (κ1) is 22.9. The molecule has 0 spiro atoms. The van der Waals surface area contributed by atoms with E-state index in [-0.39, 0.29) is 22.8 Å². The summed E-state index contributed by atoms with van der Waals surface area (Å²) in [4.78, 5) is 27.6. The fourth-order valence-electron chi connectivity index (χ4n) is 4.12. The molecule has 0 radical (unpaired) electrons. The van der Waals surface area contributed by atoms with Crippen molar-refractivity contribution in [3.63, 3.8) is 0 Å². The fourth-order valence-corrected chi connectivity index (χ4v) is 4.12. The Morgan fingerprint density at radius 1 is 1.03 bits per heavy atom. The Balaban J connectivity index is 1.92. The largest absolute Gasteiger partial charge is 0.507 e. The van der Waals surface area contributed by atoms with E-state index in [1.165, 1.54) is 18.1 Å². The molecule has 0 aliphatic carbocycles. The molecule has 7 nitrogen and oxygen atoms in total. The molecule has 0 saturated carbocycles. The highest BCUT2D eigenvalue weighted by Gasteiger charge is 2.47. The lowest BCUT2D eigenvalue weighted by Crippen LogP contribution is -2.29. The first-order chi connectivity index (χ1) is 16.4. The highest BCUT2D eigenvalue weighted by Crippen LogP contribution is 2.45. The molecular weight excluding hydrogens is 434 g/mol. The number of ketones is 1. The van der Waals surface area contributed by atoms with Crippen LogP contribution in [0.25, 0.3) is 5.76 Å². The van der Waals surface area contributed by atoms with Crippen molar-refractivity contribution in [2.24, 2.45) is 0 Å². The number of para-hydroxylation sites is 2. The van der Waals surface area contributed by atoms with Crippen molar-refractivity contribution in [2.75, 3.05) is 18.6 Å². The summed E-state index contributed by atoms with van der Waals surface area (Å²) in [5.41, 5.74) is 1.85. The van der Waals surface area contributed by atoms with Crippen LogP contribution in [0.5, 0.6) is 17.2 Å². The first-order valence-corrected chi connectivity index (χ1v) is 10.8. The van der Waals surface area contributed by atoms with Gasteiger partial charge >= 0.3 is 0 Å².